The molecule has 1 aromatic carbocycles. The summed E-state index contributed by atoms with van der Waals surface area (Å²) in [5.41, 5.74) is -1.36. The van der Waals surface area contributed by atoms with E-state index < -0.39 is 24.1 Å². The number of hydrogen-bond donors (Lipinski definition) is 1. The highest BCUT2D eigenvalue weighted by Crippen LogP contribution is 2.37. The Morgan fingerprint density at radius 2 is 1.94 bits per heavy atom. The van der Waals surface area contributed by atoms with Crippen LogP contribution in [0.4, 0.5) is 13.2 Å². The first-order valence-corrected chi connectivity index (χ1v) is 5.38. The second-order valence-electron chi connectivity index (χ2n) is 4.19. The van der Waals surface area contributed by atoms with Gasteiger partial charge in [-0.25, -0.2) is 4.79 Å². The van der Waals surface area contributed by atoms with Crippen LogP contribution >= 0.6 is 0 Å². The second-order valence-corrected chi connectivity index (χ2v) is 4.19. The van der Waals surface area contributed by atoms with Gasteiger partial charge < -0.3 is 4.74 Å². The Bertz CT molecular complexity index is 473. The summed E-state index contributed by atoms with van der Waals surface area (Å²) in [4.78, 5) is 11.5. The van der Waals surface area contributed by atoms with Crippen LogP contribution in [0.25, 0.3) is 0 Å². The predicted molar refractivity (Wildman–Crippen MR) is 57.8 cm³/mol. The number of rotatable bonds is 1. The molecule has 98 valence electrons. The maximum absolute atomic E-state index is 13.2. The van der Waals surface area contributed by atoms with Gasteiger partial charge in [0, 0.05) is 13.0 Å². The maximum atomic E-state index is 13.2. The fraction of sp³-hybridized carbons (Fsp3) is 0.417. The monoisotopic (exact) mass is 259 g/mol. The SMILES string of the molecule is COC(=O)C1(C(F)(F)F)Cc2ccccc2CN1. The van der Waals surface area contributed by atoms with E-state index in [1.807, 2.05) is 0 Å². The summed E-state index contributed by atoms with van der Waals surface area (Å²) < 4.78 is 43.8. The van der Waals surface area contributed by atoms with Crippen LogP contribution in [0, 0.1) is 0 Å². The highest BCUT2D eigenvalue weighted by molar-refractivity contribution is 5.83. The lowest BCUT2D eigenvalue weighted by molar-refractivity contribution is -0.213. The molecule has 0 fully saturated rings. The summed E-state index contributed by atoms with van der Waals surface area (Å²) >= 11 is 0. The number of carbonyl (C=O) groups excluding carboxylic acids is 1. The van der Waals surface area contributed by atoms with Gasteiger partial charge in [-0.3, -0.25) is 5.32 Å². The number of hydrogen-bond acceptors (Lipinski definition) is 3. The van der Waals surface area contributed by atoms with Crippen LogP contribution < -0.4 is 5.32 Å². The number of esters is 1. The van der Waals surface area contributed by atoms with E-state index in [1.165, 1.54) is 0 Å². The minimum atomic E-state index is -4.70. The van der Waals surface area contributed by atoms with Crippen molar-refractivity contribution in [3.63, 3.8) is 0 Å². The molecule has 0 saturated carbocycles. The topological polar surface area (TPSA) is 38.3 Å². The molecule has 1 unspecified atom stereocenters. The summed E-state index contributed by atoms with van der Waals surface area (Å²) in [5.74, 6) is -1.30. The van der Waals surface area contributed by atoms with Gasteiger partial charge in [-0.05, 0) is 11.1 Å². The molecular formula is C12H12F3NO2. The van der Waals surface area contributed by atoms with Gasteiger partial charge in [0.15, 0.2) is 0 Å². The van der Waals surface area contributed by atoms with Crippen molar-refractivity contribution in [2.24, 2.45) is 0 Å². The van der Waals surface area contributed by atoms with Gasteiger partial charge in [0.05, 0.1) is 7.11 Å². The molecule has 1 N–H and O–H groups in total. The molecule has 1 atom stereocenters. The normalized spacial score (nSPS) is 23.3. The molecule has 1 aliphatic rings. The third-order valence-corrected chi connectivity index (χ3v) is 3.17. The number of alkyl halides is 3. The fourth-order valence-electron chi connectivity index (χ4n) is 2.13. The first-order valence-electron chi connectivity index (χ1n) is 5.38. The summed E-state index contributed by atoms with van der Waals surface area (Å²) in [6, 6.07) is 6.74. The van der Waals surface area contributed by atoms with Crippen molar-refractivity contribution in [2.75, 3.05) is 7.11 Å². The molecule has 0 radical (unpaired) electrons. The molecule has 0 bridgehead atoms. The van der Waals surface area contributed by atoms with Crippen LogP contribution in [0.1, 0.15) is 11.1 Å². The Morgan fingerprint density at radius 3 is 2.50 bits per heavy atom. The number of halogens is 3. The highest BCUT2D eigenvalue weighted by atomic mass is 19.4. The molecule has 0 saturated heterocycles. The summed E-state index contributed by atoms with van der Waals surface area (Å²) in [6.45, 7) is -0.00914. The largest absolute Gasteiger partial charge is 0.467 e. The molecule has 0 aliphatic carbocycles. The molecule has 0 aromatic heterocycles. The van der Waals surface area contributed by atoms with E-state index in [4.69, 9.17) is 0 Å². The fourth-order valence-corrected chi connectivity index (χ4v) is 2.13. The Balaban J connectivity index is 2.45. The van der Waals surface area contributed by atoms with Crippen LogP contribution in [0.15, 0.2) is 24.3 Å². The lowest BCUT2D eigenvalue weighted by atomic mass is 9.84. The van der Waals surface area contributed by atoms with Gasteiger partial charge in [-0.15, -0.1) is 0 Å². The molecule has 3 nitrogen and oxygen atoms in total. The third kappa shape index (κ3) is 1.86. The van der Waals surface area contributed by atoms with Crippen molar-refractivity contribution in [1.29, 1.82) is 0 Å². The lowest BCUT2D eigenvalue weighted by Crippen LogP contribution is -2.65. The van der Waals surface area contributed by atoms with Gasteiger partial charge >= 0.3 is 12.1 Å². The van der Waals surface area contributed by atoms with Crippen LogP contribution in [-0.4, -0.2) is 24.8 Å². The molecule has 0 amide bonds. The van der Waals surface area contributed by atoms with E-state index in [2.05, 4.69) is 10.1 Å². The number of methoxy groups -OCH3 is 1. The van der Waals surface area contributed by atoms with Gasteiger partial charge in [-0.1, -0.05) is 24.3 Å². The molecule has 2 rings (SSSR count). The van der Waals surface area contributed by atoms with Crippen molar-refractivity contribution in [1.82, 2.24) is 5.32 Å². The van der Waals surface area contributed by atoms with Crippen molar-refractivity contribution in [3.8, 4) is 0 Å². The second kappa shape index (κ2) is 4.28. The van der Waals surface area contributed by atoms with Gasteiger partial charge in [-0.2, -0.15) is 13.2 Å². The quantitative estimate of drug-likeness (QED) is 0.782. The van der Waals surface area contributed by atoms with Gasteiger partial charge in [0.1, 0.15) is 0 Å². The minimum absolute atomic E-state index is 0.00914. The maximum Gasteiger partial charge on any atom is 0.417 e. The van der Waals surface area contributed by atoms with E-state index in [-0.39, 0.29) is 6.54 Å². The first-order chi connectivity index (χ1) is 8.40. The Kier molecular flexibility index (Phi) is 3.06. The van der Waals surface area contributed by atoms with Crippen LogP contribution in [0.2, 0.25) is 0 Å². The Morgan fingerprint density at radius 1 is 1.33 bits per heavy atom. The average molecular weight is 259 g/mol. The predicted octanol–water partition coefficient (Wildman–Crippen LogP) is 1.81. The summed E-state index contributed by atoms with van der Waals surface area (Å²) in [7, 11) is 0.956. The van der Waals surface area contributed by atoms with Crippen LogP contribution in [-0.2, 0) is 22.5 Å². The minimum Gasteiger partial charge on any atom is -0.467 e. The van der Waals surface area contributed by atoms with Crippen LogP contribution in [0.5, 0.6) is 0 Å². The number of fused-ring (bicyclic) bond motifs is 1. The van der Waals surface area contributed by atoms with Crippen molar-refractivity contribution in [2.45, 2.75) is 24.7 Å². The summed E-state index contributed by atoms with van der Waals surface area (Å²) in [5, 5.41) is 2.28. The zero-order chi connectivity index (χ0) is 13.4. The van der Waals surface area contributed by atoms with Crippen LogP contribution in [0.3, 0.4) is 0 Å². The molecule has 1 aliphatic heterocycles. The van der Waals surface area contributed by atoms with E-state index in [1.54, 1.807) is 24.3 Å². The smallest absolute Gasteiger partial charge is 0.417 e. The molecule has 1 aromatic rings. The van der Waals surface area contributed by atoms with Gasteiger partial charge in [0.2, 0.25) is 5.54 Å². The standard InChI is InChI=1S/C12H12F3NO2/c1-18-10(17)11(12(13,14)15)6-8-4-2-3-5-9(8)7-16-11/h2-5,16H,6-7H2,1H3. The number of carbonyl (C=O) groups is 1. The third-order valence-electron chi connectivity index (χ3n) is 3.17. The van der Waals surface area contributed by atoms with Gasteiger partial charge in [0.25, 0.3) is 0 Å². The van der Waals surface area contributed by atoms with Crippen molar-refractivity contribution < 1.29 is 22.7 Å². The number of benzene rings is 1. The number of ether oxygens (including phenoxy) is 1. The number of nitrogens with one attached hydrogen (secondary N) is 1. The molecular weight excluding hydrogens is 247 g/mol. The van der Waals surface area contributed by atoms with E-state index >= 15 is 0 Å². The van der Waals surface area contributed by atoms with Crippen molar-refractivity contribution >= 4 is 5.97 Å². The van der Waals surface area contributed by atoms with E-state index in [9.17, 15) is 18.0 Å². The average Bonchev–Trinajstić information content (AvgIpc) is 2.35. The first kappa shape index (κ1) is 12.9. The van der Waals surface area contributed by atoms with E-state index in [0.717, 1.165) is 12.7 Å². The Hall–Kier alpha value is -1.56. The molecule has 6 heteroatoms. The van der Waals surface area contributed by atoms with E-state index in [0.29, 0.717) is 5.56 Å². The highest BCUT2D eigenvalue weighted by Gasteiger charge is 2.62. The molecule has 1 heterocycles. The molecule has 18 heavy (non-hydrogen) atoms. The Labute approximate surface area is 102 Å². The summed E-state index contributed by atoms with van der Waals surface area (Å²) in [6.07, 6.45) is -5.15. The lowest BCUT2D eigenvalue weighted by Gasteiger charge is -2.37. The zero-order valence-corrected chi connectivity index (χ0v) is 9.67. The molecule has 0 spiro atoms. The zero-order valence-electron chi connectivity index (χ0n) is 9.67. The van der Waals surface area contributed by atoms with Crippen molar-refractivity contribution in [3.05, 3.63) is 35.4 Å².